The van der Waals surface area contributed by atoms with Gasteiger partial charge in [0.25, 0.3) is 5.56 Å². The fourth-order valence-corrected chi connectivity index (χ4v) is 4.04. The summed E-state index contributed by atoms with van der Waals surface area (Å²) >= 11 is 9.12. The average molecular weight is 346 g/mol. The molecule has 4 aromatic rings. The van der Waals surface area contributed by atoms with E-state index in [0.29, 0.717) is 25.9 Å². The molecule has 0 spiro atoms. The molecule has 0 aliphatic rings. The smallest absolute Gasteiger partial charge is 0.267 e. The highest BCUT2D eigenvalue weighted by molar-refractivity contribution is 7.15. The zero-order valence-electron chi connectivity index (χ0n) is 11.1. The van der Waals surface area contributed by atoms with Crippen molar-refractivity contribution in [1.82, 2.24) is 14.6 Å². The Morgan fingerprint density at radius 1 is 1.14 bits per heavy atom. The molecular formula is C15H8ClN3OS2. The highest BCUT2D eigenvalue weighted by Gasteiger charge is 2.15. The first-order valence-electron chi connectivity index (χ1n) is 6.42. The molecule has 0 atom stereocenters. The molecule has 1 aromatic carbocycles. The number of aromatic nitrogens is 3. The van der Waals surface area contributed by atoms with Gasteiger partial charge in [0.1, 0.15) is 0 Å². The summed E-state index contributed by atoms with van der Waals surface area (Å²) in [5.41, 5.74) is 0.586. The van der Waals surface area contributed by atoms with Crippen molar-refractivity contribution in [1.29, 1.82) is 0 Å². The molecule has 108 valence electrons. The zero-order valence-corrected chi connectivity index (χ0v) is 13.5. The number of fused-ring (bicyclic) bond motifs is 1. The van der Waals surface area contributed by atoms with Gasteiger partial charge in [-0.1, -0.05) is 41.1 Å². The summed E-state index contributed by atoms with van der Waals surface area (Å²) in [7, 11) is 0. The van der Waals surface area contributed by atoms with Crippen molar-refractivity contribution >= 4 is 45.3 Å². The van der Waals surface area contributed by atoms with Crippen LogP contribution in [0.15, 0.2) is 46.6 Å². The van der Waals surface area contributed by atoms with Crippen molar-refractivity contribution in [2.24, 2.45) is 0 Å². The van der Waals surface area contributed by atoms with Gasteiger partial charge < -0.3 is 0 Å². The normalized spacial score (nSPS) is 12.3. The largest absolute Gasteiger partial charge is 0.276 e. The number of thiophene rings is 1. The first-order valence-corrected chi connectivity index (χ1v) is 8.49. The fourth-order valence-electron chi connectivity index (χ4n) is 2.18. The molecule has 0 amide bonds. The summed E-state index contributed by atoms with van der Waals surface area (Å²) < 4.78 is 2.16. The van der Waals surface area contributed by atoms with Gasteiger partial charge >= 0.3 is 0 Å². The number of benzene rings is 1. The zero-order chi connectivity index (χ0) is 15.1. The maximum Gasteiger partial charge on any atom is 0.276 e. The minimum Gasteiger partial charge on any atom is -0.267 e. The minimum absolute atomic E-state index is 0.117. The molecule has 4 nitrogen and oxygen atoms in total. The average Bonchev–Trinajstić information content (AvgIpc) is 3.21. The Bertz CT molecular complexity index is 1070. The lowest BCUT2D eigenvalue weighted by molar-refractivity contribution is 1.09. The van der Waals surface area contributed by atoms with Crippen LogP contribution >= 0.6 is 34.3 Å². The van der Waals surface area contributed by atoms with Crippen LogP contribution in [0.1, 0.15) is 4.88 Å². The van der Waals surface area contributed by atoms with Crippen LogP contribution in [0.3, 0.4) is 0 Å². The highest BCUT2D eigenvalue weighted by atomic mass is 35.5. The lowest BCUT2D eigenvalue weighted by Crippen LogP contribution is -2.23. The van der Waals surface area contributed by atoms with Crippen molar-refractivity contribution < 1.29 is 0 Å². The van der Waals surface area contributed by atoms with Crippen LogP contribution in [0.2, 0.25) is 5.02 Å². The molecule has 7 heteroatoms. The van der Waals surface area contributed by atoms with E-state index in [9.17, 15) is 4.79 Å². The number of hydrogen-bond donors (Lipinski definition) is 0. The van der Waals surface area contributed by atoms with E-state index >= 15 is 0 Å². The molecule has 0 aliphatic heterocycles. The number of rotatable bonds is 2. The highest BCUT2D eigenvalue weighted by Crippen LogP contribution is 2.25. The molecule has 0 unspecified atom stereocenters. The lowest BCUT2D eigenvalue weighted by atomic mass is 10.2. The topological polar surface area (TPSA) is 47.3 Å². The molecule has 0 aliphatic carbocycles. The van der Waals surface area contributed by atoms with Crippen molar-refractivity contribution in [2.75, 3.05) is 0 Å². The summed E-state index contributed by atoms with van der Waals surface area (Å²) in [6, 6.07) is 11.2. The van der Waals surface area contributed by atoms with Crippen LogP contribution in [0.25, 0.3) is 22.4 Å². The first-order chi connectivity index (χ1) is 10.7. The maximum absolute atomic E-state index is 12.6. The molecule has 0 radical (unpaired) electrons. The molecular weight excluding hydrogens is 338 g/mol. The van der Waals surface area contributed by atoms with Crippen LogP contribution in [0.4, 0.5) is 0 Å². The van der Waals surface area contributed by atoms with Crippen LogP contribution in [-0.4, -0.2) is 14.6 Å². The van der Waals surface area contributed by atoms with Crippen molar-refractivity contribution in [3.8, 4) is 11.4 Å². The summed E-state index contributed by atoms with van der Waals surface area (Å²) in [5, 5.41) is 10.7. The van der Waals surface area contributed by atoms with Crippen molar-refractivity contribution in [2.45, 2.75) is 0 Å². The molecule has 22 heavy (non-hydrogen) atoms. The number of hydrogen-bond acceptors (Lipinski definition) is 5. The molecule has 3 aromatic heterocycles. The molecule has 3 heterocycles. The molecule has 0 N–H and O–H groups in total. The Labute approximate surface area is 137 Å². The number of halogens is 1. The molecule has 0 bridgehead atoms. The summed E-state index contributed by atoms with van der Waals surface area (Å²) in [5.74, 6) is 0.479. The Hall–Kier alpha value is -2.02. The maximum atomic E-state index is 12.6. The third-order valence-corrected chi connectivity index (χ3v) is 5.29. The monoisotopic (exact) mass is 345 g/mol. The van der Waals surface area contributed by atoms with Gasteiger partial charge in [-0.25, -0.2) is 4.40 Å². The van der Waals surface area contributed by atoms with Gasteiger partial charge in [0.15, 0.2) is 5.82 Å². The summed E-state index contributed by atoms with van der Waals surface area (Å²) in [4.78, 5) is 14.3. The van der Waals surface area contributed by atoms with Crippen LogP contribution in [-0.2, 0) is 0 Å². The lowest BCUT2D eigenvalue weighted by Gasteiger charge is -1.99. The third kappa shape index (κ3) is 2.16. The number of thiazole rings is 1. The summed E-state index contributed by atoms with van der Waals surface area (Å²) in [6.45, 7) is 0. The Morgan fingerprint density at radius 2 is 2.00 bits per heavy atom. The Kier molecular flexibility index (Phi) is 3.29. The van der Waals surface area contributed by atoms with Gasteiger partial charge in [-0.3, -0.25) is 4.79 Å². The van der Waals surface area contributed by atoms with Gasteiger partial charge in [0.2, 0.25) is 4.96 Å². The van der Waals surface area contributed by atoms with Gasteiger partial charge in [0, 0.05) is 10.4 Å². The van der Waals surface area contributed by atoms with E-state index in [2.05, 4.69) is 10.2 Å². The Balaban J connectivity index is 1.99. The quantitative estimate of drug-likeness (QED) is 0.561. The van der Waals surface area contributed by atoms with Gasteiger partial charge in [-0.05, 0) is 29.7 Å². The predicted molar refractivity (Wildman–Crippen MR) is 90.7 cm³/mol. The second kappa shape index (κ2) is 5.31. The van der Waals surface area contributed by atoms with Gasteiger partial charge in [0.05, 0.1) is 9.55 Å². The fraction of sp³-hybridized carbons (Fsp3) is 0. The van der Waals surface area contributed by atoms with E-state index in [4.69, 9.17) is 11.6 Å². The molecule has 0 saturated heterocycles. The third-order valence-electron chi connectivity index (χ3n) is 3.18. The van der Waals surface area contributed by atoms with Gasteiger partial charge in [-0.2, -0.15) is 0 Å². The number of nitrogens with zero attached hydrogens (tertiary/aromatic N) is 3. The molecule has 4 rings (SSSR count). The van der Waals surface area contributed by atoms with Crippen LogP contribution < -0.4 is 10.1 Å². The molecule has 0 saturated carbocycles. The summed E-state index contributed by atoms with van der Waals surface area (Å²) in [6.07, 6.45) is 1.88. The molecule has 0 fully saturated rings. The minimum atomic E-state index is -0.117. The van der Waals surface area contributed by atoms with Crippen molar-refractivity contribution in [3.63, 3.8) is 0 Å². The first kappa shape index (κ1) is 13.6. The second-order valence-electron chi connectivity index (χ2n) is 4.55. The standard InChI is InChI=1S/C15H8ClN3OS2/c16-11-6-2-1-5-10(11)13-17-18-15-19(13)14(20)12(22-15)8-9-4-3-7-21-9/h1-8H/b12-8-. The van der Waals surface area contributed by atoms with E-state index < -0.39 is 0 Å². The SMILES string of the molecule is O=c1/c(=C/c2cccs2)sc2nnc(-c3ccccc3Cl)n12. The van der Waals surface area contributed by atoms with Crippen LogP contribution in [0.5, 0.6) is 0 Å². The van der Waals surface area contributed by atoms with Crippen LogP contribution in [0, 0.1) is 0 Å². The van der Waals surface area contributed by atoms with Crippen molar-refractivity contribution in [3.05, 3.63) is 66.6 Å². The van der Waals surface area contributed by atoms with E-state index in [1.165, 1.54) is 15.7 Å². The van der Waals surface area contributed by atoms with E-state index in [-0.39, 0.29) is 5.56 Å². The van der Waals surface area contributed by atoms with E-state index in [1.54, 1.807) is 17.4 Å². The Morgan fingerprint density at radius 3 is 2.77 bits per heavy atom. The second-order valence-corrected chi connectivity index (χ2v) is 6.95. The van der Waals surface area contributed by atoms with E-state index in [0.717, 1.165) is 4.88 Å². The van der Waals surface area contributed by atoms with Gasteiger partial charge in [-0.15, -0.1) is 21.5 Å². The van der Waals surface area contributed by atoms with E-state index in [1.807, 2.05) is 41.8 Å². The predicted octanol–water partition coefficient (Wildman–Crippen LogP) is 3.08.